The van der Waals surface area contributed by atoms with Gasteiger partial charge in [-0.05, 0) is 38.3 Å². The molecular weight excluding hydrogens is 290 g/mol. The molecule has 122 valence electrons. The van der Waals surface area contributed by atoms with Gasteiger partial charge in [0, 0.05) is 31.3 Å². The Labute approximate surface area is 136 Å². The average Bonchev–Trinajstić information content (AvgIpc) is 3.13. The van der Waals surface area contributed by atoms with Crippen LogP contribution in [0.2, 0.25) is 0 Å². The van der Waals surface area contributed by atoms with E-state index in [1.807, 2.05) is 40.6 Å². The van der Waals surface area contributed by atoms with E-state index >= 15 is 0 Å². The molecule has 1 unspecified atom stereocenters. The zero-order valence-corrected chi connectivity index (χ0v) is 13.6. The Morgan fingerprint density at radius 3 is 3.13 bits per heavy atom. The molecule has 1 amide bonds. The predicted octanol–water partition coefficient (Wildman–Crippen LogP) is 2.21. The van der Waals surface area contributed by atoms with E-state index in [2.05, 4.69) is 4.98 Å². The molecule has 4 heterocycles. The van der Waals surface area contributed by atoms with Crippen LogP contribution in [-0.4, -0.2) is 46.5 Å². The quantitative estimate of drug-likeness (QED) is 0.854. The normalized spacial score (nSPS) is 24.7. The maximum Gasteiger partial charge on any atom is 0.228 e. The highest BCUT2D eigenvalue weighted by Gasteiger charge is 2.40. The summed E-state index contributed by atoms with van der Waals surface area (Å²) in [5, 5.41) is 0. The Balaban J connectivity index is 1.54. The molecule has 0 aromatic carbocycles. The predicted molar refractivity (Wildman–Crippen MR) is 87.3 cm³/mol. The fraction of sp³-hybridized carbons (Fsp3) is 0.556. The molecule has 2 aromatic heterocycles. The number of hydrogen-bond donors (Lipinski definition) is 0. The van der Waals surface area contributed by atoms with Crippen molar-refractivity contribution in [1.82, 2.24) is 14.3 Å². The van der Waals surface area contributed by atoms with E-state index in [9.17, 15) is 4.79 Å². The topological polar surface area (TPSA) is 46.8 Å². The van der Waals surface area contributed by atoms with Crippen molar-refractivity contribution in [2.24, 2.45) is 5.41 Å². The van der Waals surface area contributed by atoms with Gasteiger partial charge in [-0.2, -0.15) is 0 Å². The lowest BCUT2D eigenvalue weighted by Gasteiger charge is -2.39. The van der Waals surface area contributed by atoms with Gasteiger partial charge in [0.15, 0.2) is 0 Å². The minimum Gasteiger partial charge on any atom is -0.381 e. The van der Waals surface area contributed by atoms with Crippen molar-refractivity contribution in [3.05, 3.63) is 35.8 Å². The van der Waals surface area contributed by atoms with Crippen LogP contribution in [0, 0.1) is 12.3 Å². The molecule has 4 rings (SSSR count). The summed E-state index contributed by atoms with van der Waals surface area (Å²) < 4.78 is 7.63. The smallest absolute Gasteiger partial charge is 0.228 e. The van der Waals surface area contributed by atoms with Crippen LogP contribution >= 0.6 is 0 Å². The van der Waals surface area contributed by atoms with Gasteiger partial charge in [0.25, 0.3) is 0 Å². The van der Waals surface area contributed by atoms with Gasteiger partial charge >= 0.3 is 0 Å². The van der Waals surface area contributed by atoms with Crippen LogP contribution in [0.3, 0.4) is 0 Å². The highest BCUT2D eigenvalue weighted by atomic mass is 16.5. The number of hydrogen-bond acceptors (Lipinski definition) is 3. The summed E-state index contributed by atoms with van der Waals surface area (Å²) in [6.45, 7) is 5.36. The molecule has 2 aromatic rings. The third-order valence-electron chi connectivity index (χ3n) is 5.35. The summed E-state index contributed by atoms with van der Waals surface area (Å²) in [6, 6.07) is 5.93. The summed E-state index contributed by atoms with van der Waals surface area (Å²) in [6.07, 6.45) is 5.77. The van der Waals surface area contributed by atoms with Crippen LogP contribution in [0.4, 0.5) is 0 Å². The van der Waals surface area contributed by atoms with Crippen molar-refractivity contribution in [3.8, 4) is 0 Å². The second kappa shape index (κ2) is 5.64. The number of piperidine rings is 1. The molecule has 0 bridgehead atoms. The minimum atomic E-state index is 0.211. The maximum atomic E-state index is 12.8. The molecule has 0 N–H and O–H groups in total. The van der Waals surface area contributed by atoms with E-state index < -0.39 is 0 Å². The first-order valence-electron chi connectivity index (χ1n) is 8.45. The second-order valence-corrected chi connectivity index (χ2v) is 6.97. The van der Waals surface area contributed by atoms with Crippen LogP contribution in [0.25, 0.3) is 5.65 Å². The largest absolute Gasteiger partial charge is 0.381 e. The van der Waals surface area contributed by atoms with Crippen molar-refractivity contribution in [2.75, 3.05) is 26.3 Å². The molecule has 5 nitrogen and oxygen atoms in total. The first-order chi connectivity index (χ1) is 11.2. The fourth-order valence-corrected chi connectivity index (χ4v) is 4.02. The summed E-state index contributed by atoms with van der Waals surface area (Å²) >= 11 is 0. The van der Waals surface area contributed by atoms with Crippen LogP contribution in [0.15, 0.2) is 24.4 Å². The SMILES string of the molecule is Cc1nc2ccccn2c1CC(=O)N1CCCC2(CCOC2)C1. The molecule has 2 aliphatic heterocycles. The number of rotatable bonds is 2. The molecular formula is C18H23N3O2. The Hall–Kier alpha value is -1.88. The first kappa shape index (κ1) is 14.7. The Kier molecular flexibility index (Phi) is 3.60. The Morgan fingerprint density at radius 2 is 2.30 bits per heavy atom. The fourth-order valence-electron chi connectivity index (χ4n) is 4.02. The van der Waals surface area contributed by atoms with Crippen LogP contribution < -0.4 is 0 Å². The summed E-state index contributed by atoms with van der Waals surface area (Å²) in [4.78, 5) is 19.4. The van der Waals surface area contributed by atoms with Crippen molar-refractivity contribution >= 4 is 11.6 Å². The highest BCUT2D eigenvalue weighted by molar-refractivity contribution is 5.79. The van der Waals surface area contributed by atoms with Gasteiger partial charge in [-0.1, -0.05) is 6.07 Å². The molecule has 2 aliphatic rings. The number of ether oxygens (including phenoxy) is 1. The van der Waals surface area contributed by atoms with E-state index in [4.69, 9.17) is 4.74 Å². The van der Waals surface area contributed by atoms with Crippen LogP contribution in [0.1, 0.15) is 30.7 Å². The lowest BCUT2D eigenvalue weighted by atomic mass is 9.79. The number of aromatic nitrogens is 2. The summed E-state index contributed by atoms with van der Waals surface area (Å²) in [5.41, 5.74) is 3.07. The van der Waals surface area contributed by atoms with Gasteiger partial charge < -0.3 is 14.0 Å². The number of pyridine rings is 1. The van der Waals surface area contributed by atoms with E-state index in [1.54, 1.807) is 0 Å². The molecule has 1 spiro atoms. The van der Waals surface area contributed by atoms with E-state index in [0.717, 1.165) is 56.2 Å². The number of carbonyl (C=O) groups excluding carboxylic acids is 1. The molecule has 23 heavy (non-hydrogen) atoms. The third-order valence-corrected chi connectivity index (χ3v) is 5.35. The summed E-state index contributed by atoms with van der Waals surface area (Å²) in [7, 11) is 0. The molecule has 2 saturated heterocycles. The van der Waals surface area contributed by atoms with Gasteiger partial charge in [-0.15, -0.1) is 0 Å². The Morgan fingerprint density at radius 1 is 1.39 bits per heavy atom. The van der Waals surface area contributed by atoms with Crippen molar-refractivity contribution in [2.45, 2.75) is 32.6 Å². The van der Waals surface area contributed by atoms with Crippen molar-refractivity contribution < 1.29 is 9.53 Å². The number of likely N-dealkylation sites (tertiary alicyclic amines) is 1. The molecule has 0 saturated carbocycles. The van der Waals surface area contributed by atoms with Crippen molar-refractivity contribution in [3.63, 3.8) is 0 Å². The number of amides is 1. The summed E-state index contributed by atoms with van der Waals surface area (Å²) in [5.74, 6) is 0.213. The van der Waals surface area contributed by atoms with E-state index in [1.165, 1.54) is 6.42 Å². The molecule has 1 atom stereocenters. The first-order valence-corrected chi connectivity index (χ1v) is 8.45. The Bertz CT molecular complexity index is 731. The zero-order chi connectivity index (χ0) is 15.9. The maximum absolute atomic E-state index is 12.8. The number of fused-ring (bicyclic) bond motifs is 1. The minimum absolute atomic E-state index is 0.211. The number of carbonyl (C=O) groups is 1. The third kappa shape index (κ3) is 2.63. The monoisotopic (exact) mass is 313 g/mol. The van der Waals surface area contributed by atoms with Gasteiger partial charge in [0.1, 0.15) is 5.65 Å². The lowest BCUT2D eigenvalue weighted by Crippen LogP contribution is -2.47. The molecule has 2 fully saturated rings. The van der Waals surface area contributed by atoms with Gasteiger partial charge in [-0.3, -0.25) is 4.79 Å². The van der Waals surface area contributed by atoms with Crippen molar-refractivity contribution in [1.29, 1.82) is 0 Å². The van der Waals surface area contributed by atoms with Crippen LogP contribution in [0.5, 0.6) is 0 Å². The average molecular weight is 313 g/mol. The van der Waals surface area contributed by atoms with E-state index in [-0.39, 0.29) is 11.3 Å². The standard InChI is InChI=1S/C18H23N3O2/c1-14-15(21-9-3-2-5-16(21)19-14)11-17(22)20-8-4-6-18(12-20)7-10-23-13-18/h2-3,5,9H,4,6-8,10-13H2,1H3. The molecule has 5 heteroatoms. The number of aryl methyl sites for hydroxylation is 1. The zero-order valence-electron chi connectivity index (χ0n) is 13.6. The van der Waals surface area contributed by atoms with Gasteiger partial charge in [0.05, 0.1) is 24.4 Å². The number of imidazole rings is 1. The lowest BCUT2D eigenvalue weighted by molar-refractivity contribution is -0.134. The highest BCUT2D eigenvalue weighted by Crippen LogP contribution is 2.37. The van der Waals surface area contributed by atoms with Gasteiger partial charge in [-0.25, -0.2) is 4.98 Å². The van der Waals surface area contributed by atoms with E-state index in [0.29, 0.717) is 6.42 Å². The van der Waals surface area contributed by atoms with Gasteiger partial charge in [0.2, 0.25) is 5.91 Å². The van der Waals surface area contributed by atoms with Crippen LogP contribution in [-0.2, 0) is 16.0 Å². The molecule has 0 radical (unpaired) electrons. The molecule has 0 aliphatic carbocycles. The number of nitrogens with zero attached hydrogens (tertiary/aromatic N) is 3. The second-order valence-electron chi connectivity index (χ2n) is 6.97.